The van der Waals surface area contributed by atoms with Gasteiger partial charge in [0, 0.05) is 6.04 Å². The number of urea groups is 1. The summed E-state index contributed by atoms with van der Waals surface area (Å²) in [5.74, 6) is -1.64. The summed E-state index contributed by atoms with van der Waals surface area (Å²) in [5, 5.41) is 11.7. The van der Waals surface area contributed by atoms with E-state index in [1.807, 2.05) is 0 Å². The number of esters is 1. The Morgan fingerprint density at radius 1 is 1.24 bits per heavy atom. The van der Waals surface area contributed by atoms with Gasteiger partial charge in [-0.05, 0) is 26.2 Å². The fourth-order valence-electron chi connectivity index (χ4n) is 1.69. The second kappa shape index (κ2) is 7.85. The first-order valence-corrected chi connectivity index (χ1v) is 6.96. The molecule has 7 heteroatoms. The molecule has 0 aliphatic rings. The van der Waals surface area contributed by atoms with Crippen molar-refractivity contribution in [1.82, 2.24) is 10.2 Å². The highest BCUT2D eigenvalue weighted by Crippen LogP contribution is 2.19. The maximum absolute atomic E-state index is 12.2. The second-order valence-corrected chi connectivity index (χ2v) is 6.11. The third kappa shape index (κ3) is 6.46. The van der Waals surface area contributed by atoms with Crippen LogP contribution in [-0.4, -0.2) is 53.2 Å². The molecule has 0 heterocycles. The highest BCUT2D eigenvalue weighted by Gasteiger charge is 2.34. The topological polar surface area (TPSA) is 95.9 Å². The van der Waals surface area contributed by atoms with Crippen molar-refractivity contribution in [3.63, 3.8) is 0 Å². The summed E-state index contributed by atoms with van der Waals surface area (Å²) in [5.41, 5.74) is -0.645. The number of aliphatic carboxylic acids is 1. The summed E-state index contributed by atoms with van der Waals surface area (Å²) in [7, 11) is 0. The molecule has 0 rings (SSSR count). The molecule has 0 aromatic heterocycles. The molecule has 21 heavy (non-hydrogen) atoms. The van der Waals surface area contributed by atoms with Gasteiger partial charge in [-0.15, -0.1) is 0 Å². The zero-order chi connectivity index (χ0) is 16.8. The fourth-order valence-corrected chi connectivity index (χ4v) is 1.69. The number of amides is 2. The zero-order valence-electron chi connectivity index (χ0n) is 13.6. The van der Waals surface area contributed by atoms with Crippen molar-refractivity contribution in [2.24, 2.45) is 5.41 Å². The Morgan fingerprint density at radius 3 is 2.10 bits per heavy atom. The minimum Gasteiger partial charge on any atom is -0.480 e. The van der Waals surface area contributed by atoms with Gasteiger partial charge in [0.05, 0.1) is 6.61 Å². The van der Waals surface area contributed by atoms with Crippen molar-refractivity contribution >= 4 is 18.0 Å². The molecule has 0 aliphatic carbocycles. The molecule has 0 aromatic rings. The van der Waals surface area contributed by atoms with Gasteiger partial charge in [0.1, 0.15) is 12.6 Å². The first-order valence-electron chi connectivity index (χ1n) is 6.96. The Morgan fingerprint density at radius 2 is 1.76 bits per heavy atom. The lowest BCUT2D eigenvalue weighted by atomic mass is 9.87. The van der Waals surface area contributed by atoms with Gasteiger partial charge in [-0.3, -0.25) is 4.79 Å². The number of nitrogens with zero attached hydrogens (tertiary/aromatic N) is 1. The normalized spacial score (nSPS) is 12.7. The van der Waals surface area contributed by atoms with Crippen LogP contribution in [0.3, 0.4) is 0 Å². The smallest absolute Gasteiger partial charge is 0.326 e. The number of carboxylic acids is 1. The molecule has 0 aliphatic heterocycles. The van der Waals surface area contributed by atoms with Crippen LogP contribution in [0, 0.1) is 5.41 Å². The molecule has 0 bridgehead atoms. The highest BCUT2D eigenvalue weighted by molar-refractivity contribution is 5.85. The summed E-state index contributed by atoms with van der Waals surface area (Å²) in [4.78, 5) is 36.3. The van der Waals surface area contributed by atoms with E-state index < -0.39 is 29.4 Å². The van der Waals surface area contributed by atoms with Crippen molar-refractivity contribution in [3.05, 3.63) is 0 Å². The summed E-state index contributed by atoms with van der Waals surface area (Å²) in [6.07, 6.45) is 0. The standard InChI is InChI=1S/C14H26N2O5/c1-7-21-10(17)8-16(9(2)3)13(20)15-11(12(18)19)14(4,5)6/h9,11H,7-8H2,1-6H3,(H,15,20)(H,18,19)/t11-/m1/s1. The third-order valence-electron chi connectivity index (χ3n) is 2.87. The fraction of sp³-hybridized carbons (Fsp3) is 0.786. The number of carbonyl (C=O) groups is 3. The van der Waals surface area contributed by atoms with Gasteiger partial charge in [0.25, 0.3) is 0 Å². The van der Waals surface area contributed by atoms with Crippen LogP contribution < -0.4 is 5.32 Å². The van der Waals surface area contributed by atoms with Gasteiger partial charge in [-0.1, -0.05) is 20.8 Å². The predicted molar refractivity (Wildman–Crippen MR) is 77.9 cm³/mol. The monoisotopic (exact) mass is 302 g/mol. The van der Waals surface area contributed by atoms with E-state index in [1.54, 1.807) is 41.5 Å². The summed E-state index contributed by atoms with van der Waals surface area (Å²) in [6, 6.07) is -1.90. The minimum atomic E-state index is -1.12. The Kier molecular flexibility index (Phi) is 7.18. The SMILES string of the molecule is CCOC(=O)CN(C(=O)N[C@H](C(=O)O)C(C)(C)C)C(C)C. The van der Waals surface area contributed by atoms with Crippen LogP contribution in [0.4, 0.5) is 4.79 Å². The van der Waals surface area contributed by atoms with Crippen LogP contribution >= 0.6 is 0 Å². The van der Waals surface area contributed by atoms with Crippen LogP contribution in [0.15, 0.2) is 0 Å². The number of carbonyl (C=O) groups excluding carboxylic acids is 2. The molecule has 0 fully saturated rings. The number of rotatable bonds is 6. The molecular weight excluding hydrogens is 276 g/mol. The molecule has 122 valence electrons. The lowest BCUT2D eigenvalue weighted by Gasteiger charge is -2.32. The minimum absolute atomic E-state index is 0.214. The molecule has 2 N–H and O–H groups in total. The second-order valence-electron chi connectivity index (χ2n) is 6.11. The van der Waals surface area contributed by atoms with Crippen LogP contribution in [0.1, 0.15) is 41.5 Å². The molecule has 1 atom stereocenters. The number of carboxylic acid groups (broad SMARTS) is 1. The first kappa shape index (κ1) is 19.2. The largest absolute Gasteiger partial charge is 0.480 e. The molecule has 0 radical (unpaired) electrons. The number of hydrogen-bond acceptors (Lipinski definition) is 4. The molecule has 0 aromatic carbocycles. The van der Waals surface area contributed by atoms with Crippen LogP contribution in [-0.2, 0) is 14.3 Å². The van der Waals surface area contributed by atoms with E-state index >= 15 is 0 Å². The maximum Gasteiger partial charge on any atom is 0.326 e. The third-order valence-corrected chi connectivity index (χ3v) is 2.87. The quantitative estimate of drug-likeness (QED) is 0.724. The van der Waals surface area contributed by atoms with Crippen LogP contribution in [0.2, 0.25) is 0 Å². The van der Waals surface area contributed by atoms with Gasteiger partial charge in [0.15, 0.2) is 0 Å². The summed E-state index contributed by atoms with van der Waals surface area (Å²) >= 11 is 0. The van der Waals surface area contributed by atoms with E-state index in [4.69, 9.17) is 4.74 Å². The maximum atomic E-state index is 12.2. The number of nitrogens with one attached hydrogen (secondary N) is 1. The van der Waals surface area contributed by atoms with E-state index in [1.165, 1.54) is 4.90 Å². The Bertz CT molecular complexity index is 387. The van der Waals surface area contributed by atoms with Crippen molar-refractivity contribution in [1.29, 1.82) is 0 Å². The molecule has 2 amide bonds. The van der Waals surface area contributed by atoms with Crippen molar-refractivity contribution in [3.8, 4) is 0 Å². The van der Waals surface area contributed by atoms with Gasteiger partial charge < -0.3 is 20.1 Å². The van der Waals surface area contributed by atoms with E-state index in [-0.39, 0.29) is 19.2 Å². The first-order chi connectivity index (χ1) is 9.50. The van der Waals surface area contributed by atoms with Crippen molar-refractivity contribution < 1.29 is 24.2 Å². The summed E-state index contributed by atoms with van der Waals surface area (Å²) in [6.45, 7) is 10.3. The van der Waals surface area contributed by atoms with E-state index in [9.17, 15) is 19.5 Å². The summed E-state index contributed by atoms with van der Waals surface area (Å²) < 4.78 is 4.82. The van der Waals surface area contributed by atoms with Crippen LogP contribution in [0.25, 0.3) is 0 Å². The van der Waals surface area contributed by atoms with Crippen molar-refractivity contribution in [2.75, 3.05) is 13.2 Å². The Labute approximate surface area is 125 Å². The number of hydrogen-bond donors (Lipinski definition) is 2. The lowest BCUT2D eigenvalue weighted by molar-refractivity contribution is -0.144. The van der Waals surface area contributed by atoms with Gasteiger partial charge in [0.2, 0.25) is 0 Å². The van der Waals surface area contributed by atoms with Crippen molar-refractivity contribution in [2.45, 2.75) is 53.6 Å². The molecule has 0 unspecified atom stereocenters. The molecule has 7 nitrogen and oxygen atoms in total. The predicted octanol–water partition coefficient (Wildman–Crippen LogP) is 1.47. The van der Waals surface area contributed by atoms with E-state index in [0.717, 1.165) is 0 Å². The lowest BCUT2D eigenvalue weighted by Crippen LogP contribution is -2.55. The van der Waals surface area contributed by atoms with E-state index in [0.29, 0.717) is 0 Å². The molecule has 0 spiro atoms. The zero-order valence-corrected chi connectivity index (χ0v) is 13.6. The van der Waals surface area contributed by atoms with Gasteiger partial charge >= 0.3 is 18.0 Å². The van der Waals surface area contributed by atoms with Gasteiger partial charge in [-0.2, -0.15) is 0 Å². The average molecular weight is 302 g/mol. The Hall–Kier alpha value is -1.79. The molecule has 0 saturated heterocycles. The highest BCUT2D eigenvalue weighted by atomic mass is 16.5. The molecule has 0 saturated carbocycles. The van der Waals surface area contributed by atoms with Crippen LogP contribution in [0.5, 0.6) is 0 Å². The van der Waals surface area contributed by atoms with E-state index in [2.05, 4.69) is 5.32 Å². The number of ether oxygens (including phenoxy) is 1. The molecular formula is C14H26N2O5. The average Bonchev–Trinajstić information content (AvgIpc) is 2.30. The Balaban J connectivity index is 4.97. The van der Waals surface area contributed by atoms with Gasteiger partial charge in [-0.25, -0.2) is 9.59 Å².